The Balaban J connectivity index is 1.22. The number of benzene rings is 1. The van der Waals surface area contributed by atoms with Crippen molar-refractivity contribution in [3.63, 3.8) is 0 Å². The molecule has 0 spiro atoms. The van der Waals surface area contributed by atoms with Crippen LogP contribution < -0.4 is 15.1 Å². The Hall–Kier alpha value is -3.13. The summed E-state index contributed by atoms with van der Waals surface area (Å²) >= 11 is 0. The molecule has 0 atom stereocenters. The van der Waals surface area contributed by atoms with E-state index in [2.05, 4.69) is 44.8 Å². The van der Waals surface area contributed by atoms with Crippen LogP contribution in [0, 0.1) is 5.92 Å². The van der Waals surface area contributed by atoms with Gasteiger partial charge in [-0.3, -0.25) is 10.0 Å². The van der Waals surface area contributed by atoms with Crippen LogP contribution in [0.1, 0.15) is 48.0 Å². The second-order valence-electron chi connectivity index (χ2n) is 8.54. The molecular weight excluding hydrogens is 406 g/mol. The predicted octanol–water partition coefficient (Wildman–Crippen LogP) is 3.73. The van der Waals surface area contributed by atoms with Gasteiger partial charge in [-0.25, -0.2) is 15.4 Å². The van der Waals surface area contributed by atoms with E-state index in [1.54, 1.807) is 12.6 Å². The first kappa shape index (κ1) is 22.1. The Morgan fingerprint density at radius 3 is 2.66 bits per heavy atom. The average Bonchev–Trinajstić information content (AvgIpc) is 3.16. The summed E-state index contributed by atoms with van der Waals surface area (Å²) in [5, 5.41) is 10.0. The van der Waals surface area contributed by atoms with E-state index in [-0.39, 0.29) is 5.56 Å². The normalized spacial score (nSPS) is 14.7. The maximum absolute atomic E-state index is 11.4. The molecule has 0 aliphatic carbocycles. The molecule has 2 N–H and O–H groups in total. The van der Waals surface area contributed by atoms with Crippen molar-refractivity contribution in [2.24, 2.45) is 13.0 Å². The Morgan fingerprint density at radius 1 is 1.22 bits per heavy atom. The van der Waals surface area contributed by atoms with Crippen molar-refractivity contribution in [2.75, 3.05) is 25.1 Å². The SMILES string of the molecule is COc1ccc2c(CCCCC3CCN(c4ncc(C(=O)NO)cn4)CC3)cn(C)c2c1. The minimum absolute atomic E-state index is 0.247. The van der Waals surface area contributed by atoms with Crippen molar-refractivity contribution in [3.8, 4) is 5.75 Å². The zero-order valence-corrected chi connectivity index (χ0v) is 18.8. The molecule has 1 saturated heterocycles. The molecule has 2 aromatic heterocycles. The zero-order valence-electron chi connectivity index (χ0n) is 18.8. The smallest absolute Gasteiger partial charge is 0.277 e. The molecule has 3 aromatic rings. The lowest BCUT2D eigenvalue weighted by atomic mass is 9.91. The lowest BCUT2D eigenvalue weighted by Gasteiger charge is -2.32. The summed E-state index contributed by atoms with van der Waals surface area (Å²) in [6.45, 7) is 1.86. The third-order valence-corrected chi connectivity index (χ3v) is 6.49. The summed E-state index contributed by atoms with van der Waals surface area (Å²) in [4.78, 5) is 22.1. The van der Waals surface area contributed by atoms with E-state index in [0.717, 1.165) is 44.0 Å². The van der Waals surface area contributed by atoms with Crippen molar-refractivity contribution in [1.29, 1.82) is 0 Å². The highest BCUT2D eigenvalue weighted by Gasteiger charge is 2.21. The fourth-order valence-electron chi connectivity index (χ4n) is 4.61. The molecular formula is C24H31N5O3. The van der Waals surface area contributed by atoms with E-state index >= 15 is 0 Å². The molecule has 1 aliphatic rings. The molecule has 0 unspecified atom stereocenters. The third-order valence-electron chi connectivity index (χ3n) is 6.49. The second kappa shape index (κ2) is 9.99. The summed E-state index contributed by atoms with van der Waals surface area (Å²) in [6, 6.07) is 6.31. The number of anilines is 1. The van der Waals surface area contributed by atoms with Gasteiger partial charge in [0.25, 0.3) is 5.91 Å². The number of piperidine rings is 1. The minimum Gasteiger partial charge on any atom is -0.497 e. The number of nitrogens with one attached hydrogen (secondary N) is 1. The highest BCUT2D eigenvalue weighted by Crippen LogP contribution is 2.28. The third kappa shape index (κ3) is 4.85. The molecule has 0 radical (unpaired) electrons. The van der Waals surface area contributed by atoms with E-state index in [9.17, 15) is 4.79 Å². The van der Waals surface area contributed by atoms with Crippen LogP contribution in [0.25, 0.3) is 10.9 Å². The maximum Gasteiger partial charge on any atom is 0.277 e. The van der Waals surface area contributed by atoms with Gasteiger partial charge in [-0.15, -0.1) is 0 Å². The number of hydrogen-bond donors (Lipinski definition) is 2. The van der Waals surface area contributed by atoms with Crippen molar-refractivity contribution >= 4 is 22.8 Å². The lowest BCUT2D eigenvalue weighted by Crippen LogP contribution is -2.35. The van der Waals surface area contributed by atoms with Gasteiger partial charge < -0.3 is 14.2 Å². The van der Waals surface area contributed by atoms with Gasteiger partial charge in [0.05, 0.1) is 18.2 Å². The Morgan fingerprint density at radius 2 is 1.97 bits per heavy atom. The lowest BCUT2D eigenvalue weighted by molar-refractivity contribution is 0.0705. The van der Waals surface area contributed by atoms with E-state index < -0.39 is 5.91 Å². The van der Waals surface area contributed by atoms with E-state index in [0.29, 0.717) is 5.95 Å². The van der Waals surface area contributed by atoms with Gasteiger partial charge in [0.15, 0.2) is 0 Å². The first-order valence-electron chi connectivity index (χ1n) is 11.2. The molecule has 1 aliphatic heterocycles. The molecule has 8 heteroatoms. The fourth-order valence-corrected chi connectivity index (χ4v) is 4.61. The highest BCUT2D eigenvalue weighted by molar-refractivity contribution is 5.92. The molecule has 0 saturated carbocycles. The largest absolute Gasteiger partial charge is 0.497 e. The summed E-state index contributed by atoms with van der Waals surface area (Å²) < 4.78 is 7.55. The average molecular weight is 438 g/mol. The molecule has 4 rings (SSSR count). The van der Waals surface area contributed by atoms with Gasteiger partial charge >= 0.3 is 0 Å². The van der Waals surface area contributed by atoms with Crippen molar-refractivity contribution < 1.29 is 14.7 Å². The summed E-state index contributed by atoms with van der Waals surface area (Å²) in [5.74, 6) is 1.68. The number of hydroxylamine groups is 1. The number of methoxy groups -OCH3 is 1. The quantitative estimate of drug-likeness (QED) is 0.317. The number of ether oxygens (including phenoxy) is 1. The zero-order chi connectivity index (χ0) is 22.5. The van der Waals surface area contributed by atoms with Crippen LogP contribution in [0.5, 0.6) is 5.75 Å². The topological polar surface area (TPSA) is 92.5 Å². The summed E-state index contributed by atoms with van der Waals surface area (Å²) in [6.07, 6.45) is 12.2. The number of fused-ring (bicyclic) bond motifs is 1. The Kier molecular flexibility index (Phi) is 6.90. The van der Waals surface area contributed by atoms with Gasteiger partial charge in [-0.1, -0.05) is 12.8 Å². The number of aromatic nitrogens is 3. The highest BCUT2D eigenvalue weighted by atomic mass is 16.5. The second-order valence-corrected chi connectivity index (χ2v) is 8.54. The predicted molar refractivity (Wildman–Crippen MR) is 123 cm³/mol. The number of rotatable bonds is 8. The van der Waals surface area contributed by atoms with Gasteiger partial charge in [-0.2, -0.15) is 0 Å². The summed E-state index contributed by atoms with van der Waals surface area (Å²) in [7, 11) is 3.80. The Bertz CT molecular complexity index is 1060. The summed E-state index contributed by atoms with van der Waals surface area (Å²) in [5.41, 5.74) is 4.48. The molecule has 0 bridgehead atoms. The van der Waals surface area contributed by atoms with Crippen molar-refractivity contribution in [3.05, 3.63) is 47.9 Å². The number of hydrogen-bond acceptors (Lipinski definition) is 6. The van der Waals surface area contributed by atoms with E-state index in [1.807, 2.05) is 6.07 Å². The van der Waals surface area contributed by atoms with Crippen LogP contribution in [0.2, 0.25) is 0 Å². The number of unbranched alkanes of at least 4 members (excludes halogenated alkanes) is 1. The molecule has 1 aromatic carbocycles. The first-order chi connectivity index (χ1) is 15.6. The van der Waals surface area contributed by atoms with Crippen LogP contribution in [0.3, 0.4) is 0 Å². The van der Waals surface area contributed by atoms with Crippen molar-refractivity contribution in [2.45, 2.75) is 38.5 Å². The number of nitrogens with zero attached hydrogens (tertiary/aromatic N) is 4. The van der Waals surface area contributed by atoms with Gasteiger partial charge in [0.1, 0.15) is 5.75 Å². The molecule has 32 heavy (non-hydrogen) atoms. The van der Waals surface area contributed by atoms with Gasteiger partial charge in [-0.05, 0) is 49.3 Å². The van der Waals surface area contributed by atoms with E-state index in [4.69, 9.17) is 9.94 Å². The van der Waals surface area contributed by atoms with Crippen LogP contribution in [-0.4, -0.2) is 45.8 Å². The standard InChI is InChI=1S/C24H31N5O3/c1-28-16-18(21-8-7-20(32-2)13-22(21)28)6-4-3-5-17-9-11-29(12-10-17)24-25-14-19(15-26-24)23(30)27-31/h7-8,13-17,31H,3-6,9-12H2,1-2H3,(H,27,30). The molecule has 1 amide bonds. The number of carbonyl (C=O) groups is 1. The van der Waals surface area contributed by atoms with Crippen LogP contribution in [0.4, 0.5) is 5.95 Å². The van der Waals surface area contributed by atoms with Gasteiger partial charge in [0, 0.05) is 50.2 Å². The number of amides is 1. The maximum atomic E-state index is 11.4. The molecule has 8 nitrogen and oxygen atoms in total. The monoisotopic (exact) mass is 437 g/mol. The van der Waals surface area contributed by atoms with E-state index in [1.165, 1.54) is 48.1 Å². The Labute approximate surface area is 188 Å². The number of aryl methyl sites for hydroxylation is 2. The van der Waals surface area contributed by atoms with Crippen LogP contribution in [0.15, 0.2) is 36.8 Å². The first-order valence-corrected chi connectivity index (χ1v) is 11.2. The van der Waals surface area contributed by atoms with Crippen molar-refractivity contribution in [1.82, 2.24) is 20.0 Å². The van der Waals surface area contributed by atoms with Crippen LogP contribution >= 0.6 is 0 Å². The molecule has 1 fully saturated rings. The number of carbonyl (C=O) groups excluding carboxylic acids is 1. The molecule has 3 heterocycles. The molecule has 170 valence electrons. The fraction of sp³-hybridized carbons (Fsp3) is 0.458. The minimum atomic E-state index is -0.599. The van der Waals surface area contributed by atoms with Gasteiger partial charge in [0.2, 0.25) is 5.95 Å². The van der Waals surface area contributed by atoms with Crippen LogP contribution in [-0.2, 0) is 13.5 Å².